The molecule has 1 aliphatic heterocycles. The Morgan fingerprint density at radius 3 is 2.32 bits per heavy atom. The average Bonchev–Trinajstić information content (AvgIpc) is 2.79. The van der Waals surface area contributed by atoms with Gasteiger partial charge in [0.15, 0.2) is 5.17 Å². The Bertz CT molecular complexity index is 1090. The molecular formula is C24H20FN3O2S. The minimum Gasteiger partial charge on any atom is -0.325 e. The third-order valence-corrected chi connectivity index (χ3v) is 5.90. The summed E-state index contributed by atoms with van der Waals surface area (Å²) >= 11 is 1.26. The van der Waals surface area contributed by atoms with Gasteiger partial charge in [0.2, 0.25) is 11.8 Å². The number of thioether (sulfide) groups is 1. The Kier molecular flexibility index (Phi) is 6.43. The van der Waals surface area contributed by atoms with Crippen molar-refractivity contribution in [3.63, 3.8) is 0 Å². The van der Waals surface area contributed by atoms with Crippen LogP contribution in [0.25, 0.3) is 0 Å². The summed E-state index contributed by atoms with van der Waals surface area (Å²) in [4.78, 5) is 32.1. The molecule has 1 aliphatic rings. The third-order valence-electron chi connectivity index (χ3n) is 4.71. The molecule has 0 radical (unpaired) electrons. The number of nitrogens with one attached hydrogen (secondary N) is 1. The Morgan fingerprint density at radius 1 is 1.00 bits per heavy atom. The summed E-state index contributed by atoms with van der Waals surface area (Å²) in [6.07, 6.45) is 0.0539. The van der Waals surface area contributed by atoms with E-state index >= 15 is 0 Å². The van der Waals surface area contributed by atoms with Crippen molar-refractivity contribution in [3.8, 4) is 0 Å². The second kappa shape index (κ2) is 9.57. The maximum Gasteiger partial charge on any atom is 0.238 e. The Balaban J connectivity index is 1.57. The highest BCUT2D eigenvalue weighted by atomic mass is 32.2. The molecule has 156 valence electrons. The molecule has 5 nitrogen and oxygen atoms in total. The summed E-state index contributed by atoms with van der Waals surface area (Å²) in [5, 5.41) is 2.60. The number of benzene rings is 3. The highest BCUT2D eigenvalue weighted by Crippen LogP contribution is 2.31. The van der Waals surface area contributed by atoms with E-state index in [0.29, 0.717) is 23.1 Å². The standard InChI is InChI=1S/C24H20FN3O2S/c25-18-11-13-20(14-12-18)26-23(30)21-15-22(29)28(16-17-7-3-1-4-8-17)24(31-21)27-19-9-5-2-6-10-19/h1-14,21H,15-16H2,(H,26,30). The van der Waals surface area contributed by atoms with Crippen molar-refractivity contribution in [2.45, 2.75) is 18.2 Å². The predicted octanol–water partition coefficient (Wildman–Crippen LogP) is 4.99. The normalized spacial score (nSPS) is 17.6. The van der Waals surface area contributed by atoms with Crippen LogP contribution in [-0.4, -0.2) is 27.1 Å². The molecule has 1 saturated heterocycles. The van der Waals surface area contributed by atoms with Crippen molar-refractivity contribution in [2.75, 3.05) is 5.32 Å². The van der Waals surface area contributed by atoms with Crippen molar-refractivity contribution in [2.24, 2.45) is 4.99 Å². The van der Waals surface area contributed by atoms with E-state index in [9.17, 15) is 14.0 Å². The zero-order chi connectivity index (χ0) is 21.6. The van der Waals surface area contributed by atoms with Crippen molar-refractivity contribution in [3.05, 3.63) is 96.3 Å². The lowest BCUT2D eigenvalue weighted by Gasteiger charge is -2.32. The van der Waals surface area contributed by atoms with Gasteiger partial charge in [-0.15, -0.1) is 0 Å². The van der Waals surface area contributed by atoms with E-state index in [2.05, 4.69) is 10.3 Å². The smallest absolute Gasteiger partial charge is 0.238 e. The molecule has 3 aromatic carbocycles. The Hall–Kier alpha value is -3.45. The minimum absolute atomic E-state index is 0.0539. The molecule has 0 spiro atoms. The van der Waals surface area contributed by atoms with E-state index in [-0.39, 0.29) is 24.1 Å². The van der Waals surface area contributed by atoms with Crippen LogP contribution in [0.3, 0.4) is 0 Å². The maximum absolute atomic E-state index is 13.1. The van der Waals surface area contributed by atoms with Gasteiger partial charge in [0.25, 0.3) is 0 Å². The van der Waals surface area contributed by atoms with Gasteiger partial charge in [0, 0.05) is 12.1 Å². The van der Waals surface area contributed by atoms with Gasteiger partial charge in [-0.05, 0) is 42.0 Å². The van der Waals surface area contributed by atoms with Gasteiger partial charge in [0.1, 0.15) is 11.1 Å². The van der Waals surface area contributed by atoms with Crippen molar-refractivity contribution < 1.29 is 14.0 Å². The molecule has 0 saturated carbocycles. The number of halogens is 1. The zero-order valence-corrected chi connectivity index (χ0v) is 17.4. The lowest BCUT2D eigenvalue weighted by molar-refractivity contribution is -0.129. The van der Waals surface area contributed by atoms with Gasteiger partial charge >= 0.3 is 0 Å². The summed E-state index contributed by atoms with van der Waals surface area (Å²) in [6, 6.07) is 24.5. The second-order valence-corrected chi connectivity index (χ2v) is 8.17. The summed E-state index contributed by atoms with van der Waals surface area (Å²) in [6.45, 7) is 0.380. The third kappa shape index (κ3) is 5.38. The van der Waals surface area contributed by atoms with E-state index in [1.807, 2.05) is 60.7 Å². The monoisotopic (exact) mass is 433 g/mol. The van der Waals surface area contributed by atoms with E-state index in [1.165, 1.54) is 36.0 Å². The molecule has 4 rings (SSSR count). The summed E-state index contributed by atoms with van der Waals surface area (Å²) in [5.74, 6) is -0.865. The molecular weight excluding hydrogens is 413 g/mol. The largest absolute Gasteiger partial charge is 0.325 e. The number of carbonyl (C=O) groups is 2. The molecule has 0 bridgehead atoms. The lowest BCUT2D eigenvalue weighted by atomic mass is 10.2. The highest BCUT2D eigenvalue weighted by molar-refractivity contribution is 8.15. The van der Waals surface area contributed by atoms with Crippen molar-refractivity contribution in [1.82, 2.24) is 4.90 Å². The first-order valence-corrected chi connectivity index (χ1v) is 10.7. The number of hydrogen-bond donors (Lipinski definition) is 1. The predicted molar refractivity (Wildman–Crippen MR) is 122 cm³/mol. The number of aliphatic imine (C=N–C) groups is 1. The van der Waals surface area contributed by atoms with Crippen molar-refractivity contribution >= 4 is 40.1 Å². The first-order valence-electron chi connectivity index (χ1n) is 9.79. The molecule has 0 aliphatic carbocycles. The molecule has 7 heteroatoms. The van der Waals surface area contributed by atoms with Gasteiger partial charge in [0.05, 0.1) is 12.2 Å². The number of para-hydroxylation sites is 1. The zero-order valence-electron chi connectivity index (χ0n) is 16.6. The number of anilines is 1. The average molecular weight is 434 g/mol. The second-order valence-electron chi connectivity index (χ2n) is 7.00. The SMILES string of the molecule is O=C(Nc1ccc(F)cc1)C1CC(=O)N(Cc2ccccc2)C(=Nc2ccccc2)S1. The van der Waals surface area contributed by atoms with Crippen LogP contribution in [0.15, 0.2) is 89.9 Å². The van der Waals surface area contributed by atoms with E-state index < -0.39 is 5.25 Å². The van der Waals surface area contributed by atoms with E-state index in [4.69, 9.17) is 0 Å². The quantitative estimate of drug-likeness (QED) is 0.617. The topological polar surface area (TPSA) is 61.8 Å². The minimum atomic E-state index is -0.632. The van der Waals surface area contributed by atoms with Crippen LogP contribution in [0.2, 0.25) is 0 Å². The number of amides is 2. The van der Waals surface area contributed by atoms with Gasteiger partial charge < -0.3 is 5.32 Å². The highest BCUT2D eigenvalue weighted by Gasteiger charge is 2.36. The van der Waals surface area contributed by atoms with Crippen LogP contribution in [-0.2, 0) is 16.1 Å². The fourth-order valence-corrected chi connectivity index (χ4v) is 4.23. The maximum atomic E-state index is 13.1. The molecule has 31 heavy (non-hydrogen) atoms. The van der Waals surface area contributed by atoms with Crippen LogP contribution >= 0.6 is 11.8 Å². The number of nitrogens with zero attached hydrogens (tertiary/aromatic N) is 2. The summed E-state index contributed by atoms with van der Waals surface area (Å²) in [7, 11) is 0. The van der Waals surface area contributed by atoms with E-state index in [0.717, 1.165) is 5.56 Å². The molecule has 2 amide bonds. The molecule has 1 N–H and O–H groups in total. The van der Waals surface area contributed by atoms with Crippen LogP contribution in [0, 0.1) is 5.82 Å². The Labute approximate surface area is 184 Å². The lowest BCUT2D eigenvalue weighted by Crippen LogP contribution is -2.44. The van der Waals surface area contributed by atoms with Gasteiger partial charge in [-0.3, -0.25) is 14.5 Å². The molecule has 1 unspecified atom stereocenters. The first kappa shape index (κ1) is 20.8. The number of rotatable bonds is 5. The van der Waals surface area contributed by atoms with Crippen LogP contribution in [0.1, 0.15) is 12.0 Å². The number of hydrogen-bond acceptors (Lipinski definition) is 4. The fourth-order valence-electron chi connectivity index (χ4n) is 3.13. The van der Waals surface area contributed by atoms with E-state index in [1.54, 1.807) is 4.90 Å². The molecule has 1 fully saturated rings. The summed E-state index contributed by atoms with van der Waals surface area (Å²) < 4.78 is 13.1. The van der Waals surface area contributed by atoms with Crippen LogP contribution in [0.4, 0.5) is 15.8 Å². The molecule has 3 aromatic rings. The molecule has 1 heterocycles. The fraction of sp³-hybridized carbons (Fsp3) is 0.125. The van der Waals surface area contributed by atoms with Gasteiger partial charge in [-0.1, -0.05) is 60.3 Å². The van der Waals surface area contributed by atoms with Gasteiger partial charge in [-0.2, -0.15) is 0 Å². The van der Waals surface area contributed by atoms with Crippen molar-refractivity contribution in [1.29, 1.82) is 0 Å². The van der Waals surface area contributed by atoms with Crippen LogP contribution < -0.4 is 5.32 Å². The first-order chi connectivity index (χ1) is 15.1. The number of carbonyl (C=O) groups excluding carboxylic acids is 2. The number of amidine groups is 1. The molecule has 0 aromatic heterocycles. The van der Waals surface area contributed by atoms with Crippen LogP contribution in [0.5, 0.6) is 0 Å². The van der Waals surface area contributed by atoms with Gasteiger partial charge in [-0.25, -0.2) is 9.38 Å². The Morgan fingerprint density at radius 2 is 1.65 bits per heavy atom. The molecule has 1 atom stereocenters. The summed E-state index contributed by atoms with van der Waals surface area (Å²) in [5.41, 5.74) is 2.16.